The van der Waals surface area contributed by atoms with Gasteiger partial charge in [0.15, 0.2) is 0 Å². The molecule has 0 aliphatic carbocycles. The van der Waals surface area contributed by atoms with E-state index in [2.05, 4.69) is 5.32 Å². The lowest BCUT2D eigenvalue weighted by Gasteiger charge is -2.37. The lowest BCUT2D eigenvalue weighted by molar-refractivity contribution is -0.142. The second kappa shape index (κ2) is 7.75. The first kappa shape index (κ1) is 16.9. The highest BCUT2D eigenvalue weighted by Crippen LogP contribution is 2.23. The van der Waals surface area contributed by atoms with Gasteiger partial charge >= 0.3 is 0 Å². The largest absolute Gasteiger partial charge is 0.333 e. The Morgan fingerprint density at radius 2 is 2.12 bits per heavy atom. The maximum atomic E-state index is 13.5. The van der Waals surface area contributed by atoms with Crippen molar-refractivity contribution in [1.82, 2.24) is 15.1 Å². The topological polar surface area (TPSA) is 52.7 Å². The molecule has 6 heteroatoms. The summed E-state index contributed by atoms with van der Waals surface area (Å²) in [7, 11) is 0. The Balaban J connectivity index is 1.72. The van der Waals surface area contributed by atoms with E-state index in [1.165, 1.54) is 12.1 Å². The molecule has 5 nitrogen and oxygen atoms in total. The van der Waals surface area contributed by atoms with Gasteiger partial charge < -0.3 is 15.1 Å². The van der Waals surface area contributed by atoms with Gasteiger partial charge in [-0.15, -0.1) is 0 Å². The maximum absolute atomic E-state index is 13.5. The zero-order chi connectivity index (χ0) is 16.9. The fourth-order valence-electron chi connectivity index (χ4n) is 3.47. The van der Waals surface area contributed by atoms with Crippen LogP contribution in [0.3, 0.4) is 0 Å². The molecule has 1 N–H and O–H groups in total. The van der Waals surface area contributed by atoms with Gasteiger partial charge in [0.2, 0.25) is 11.8 Å². The fraction of sp³-hybridized carbons (Fsp3) is 0.556. The fourth-order valence-corrected chi connectivity index (χ4v) is 3.47. The van der Waals surface area contributed by atoms with Crippen molar-refractivity contribution in [3.63, 3.8) is 0 Å². The van der Waals surface area contributed by atoms with E-state index in [0.29, 0.717) is 32.6 Å². The van der Waals surface area contributed by atoms with Gasteiger partial charge in [0.1, 0.15) is 5.82 Å². The molecule has 1 unspecified atom stereocenters. The van der Waals surface area contributed by atoms with Crippen molar-refractivity contribution in [2.75, 3.05) is 32.7 Å². The maximum Gasteiger partial charge on any atom is 0.242 e. The number of benzene rings is 1. The third kappa shape index (κ3) is 3.93. The van der Waals surface area contributed by atoms with Crippen molar-refractivity contribution in [2.45, 2.75) is 31.7 Å². The minimum absolute atomic E-state index is 0.0546. The van der Waals surface area contributed by atoms with Gasteiger partial charge in [0.05, 0.1) is 12.6 Å². The molecule has 1 aromatic carbocycles. The smallest absolute Gasteiger partial charge is 0.242 e. The minimum atomic E-state index is -0.298. The molecular formula is C18H24FN3O2. The summed E-state index contributed by atoms with van der Waals surface area (Å²) in [5.41, 5.74) is 0.790. The predicted molar refractivity (Wildman–Crippen MR) is 88.8 cm³/mol. The van der Waals surface area contributed by atoms with E-state index in [-0.39, 0.29) is 30.2 Å². The van der Waals surface area contributed by atoms with Crippen LogP contribution in [0.15, 0.2) is 24.3 Å². The van der Waals surface area contributed by atoms with Gasteiger partial charge in [0, 0.05) is 32.6 Å². The monoisotopic (exact) mass is 333 g/mol. The van der Waals surface area contributed by atoms with Crippen molar-refractivity contribution in [3.8, 4) is 0 Å². The van der Waals surface area contributed by atoms with E-state index in [0.717, 1.165) is 24.8 Å². The van der Waals surface area contributed by atoms with Crippen LogP contribution in [0.4, 0.5) is 4.39 Å². The third-order valence-corrected chi connectivity index (χ3v) is 4.79. The molecule has 2 heterocycles. The van der Waals surface area contributed by atoms with E-state index in [9.17, 15) is 14.0 Å². The van der Waals surface area contributed by atoms with Gasteiger partial charge in [-0.2, -0.15) is 0 Å². The number of hydrogen-bond donors (Lipinski definition) is 1. The predicted octanol–water partition coefficient (Wildman–Crippen LogP) is 1.70. The molecule has 0 spiro atoms. The molecule has 2 amide bonds. The molecular weight excluding hydrogens is 309 g/mol. The number of piperazine rings is 1. The average molecular weight is 333 g/mol. The molecule has 2 fully saturated rings. The number of nitrogens with zero attached hydrogens (tertiary/aromatic N) is 2. The van der Waals surface area contributed by atoms with Crippen LogP contribution in [0.2, 0.25) is 0 Å². The standard InChI is InChI=1S/C18H24FN3O2/c19-15-6-4-5-14(11-15)16-12-20-8-10-22(16)18(24)13-21-9-3-1-2-7-17(21)23/h4-6,11,16,20H,1-3,7-10,12-13H2. The quantitative estimate of drug-likeness (QED) is 0.916. The highest BCUT2D eigenvalue weighted by Gasteiger charge is 2.30. The molecule has 24 heavy (non-hydrogen) atoms. The van der Waals surface area contributed by atoms with E-state index in [1.807, 2.05) is 6.07 Å². The number of halogens is 1. The molecule has 0 saturated carbocycles. The van der Waals surface area contributed by atoms with Crippen molar-refractivity contribution in [3.05, 3.63) is 35.6 Å². The lowest BCUT2D eigenvalue weighted by Crippen LogP contribution is -2.52. The van der Waals surface area contributed by atoms with E-state index in [1.54, 1.807) is 15.9 Å². The van der Waals surface area contributed by atoms with Crippen molar-refractivity contribution >= 4 is 11.8 Å². The number of hydrogen-bond acceptors (Lipinski definition) is 3. The SMILES string of the molecule is O=C1CCCCCN1CC(=O)N1CCNCC1c1cccc(F)c1. The van der Waals surface area contributed by atoms with Gasteiger partial charge in [0.25, 0.3) is 0 Å². The van der Waals surface area contributed by atoms with Crippen LogP contribution in [-0.2, 0) is 9.59 Å². The minimum Gasteiger partial charge on any atom is -0.333 e. The molecule has 2 aliphatic rings. The average Bonchev–Trinajstić information content (AvgIpc) is 2.79. The van der Waals surface area contributed by atoms with Gasteiger partial charge in [-0.05, 0) is 30.5 Å². The molecule has 3 rings (SSSR count). The Morgan fingerprint density at radius 1 is 1.25 bits per heavy atom. The first-order valence-corrected chi connectivity index (χ1v) is 8.68. The summed E-state index contributed by atoms with van der Waals surface area (Å²) < 4.78 is 13.5. The number of likely N-dealkylation sites (tertiary alicyclic amines) is 1. The Labute approximate surface area is 141 Å². The molecule has 1 atom stereocenters. The number of carbonyl (C=O) groups is 2. The molecule has 2 saturated heterocycles. The van der Waals surface area contributed by atoms with E-state index in [4.69, 9.17) is 0 Å². The Hall–Kier alpha value is -1.95. The Morgan fingerprint density at radius 3 is 2.96 bits per heavy atom. The molecule has 0 aromatic heterocycles. The summed E-state index contributed by atoms with van der Waals surface area (Å²) >= 11 is 0. The van der Waals surface area contributed by atoms with E-state index >= 15 is 0 Å². The van der Waals surface area contributed by atoms with Crippen LogP contribution in [-0.4, -0.2) is 54.3 Å². The van der Waals surface area contributed by atoms with Gasteiger partial charge in [-0.1, -0.05) is 18.6 Å². The van der Waals surface area contributed by atoms with Crippen molar-refractivity contribution in [2.24, 2.45) is 0 Å². The van der Waals surface area contributed by atoms with Crippen LogP contribution in [0.25, 0.3) is 0 Å². The third-order valence-electron chi connectivity index (χ3n) is 4.79. The Bertz CT molecular complexity index is 608. The molecule has 0 radical (unpaired) electrons. The zero-order valence-corrected chi connectivity index (χ0v) is 13.8. The van der Waals surface area contributed by atoms with Crippen LogP contribution in [0, 0.1) is 5.82 Å². The number of nitrogens with one attached hydrogen (secondary N) is 1. The van der Waals surface area contributed by atoms with Crippen LogP contribution in [0.5, 0.6) is 0 Å². The second-order valence-electron chi connectivity index (χ2n) is 6.49. The second-order valence-corrected chi connectivity index (χ2v) is 6.49. The van der Waals surface area contributed by atoms with Crippen LogP contribution < -0.4 is 5.32 Å². The summed E-state index contributed by atoms with van der Waals surface area (Å²) in [6.07, 6.45) is 3.43. The highest BCUT2D eigenvalue weighted by atomic mass is 19.1. The molecule has 1 aromatic rings. The van der Waals surface area contributed by atoms with Gasteiger partial charge in [-0.25, -0.2) is 4.39 Å². The Kier molecular flexibility index (Phi) is 5.45. The van der Waals surface area contributed by atoms with Gasteiger partial charge in [-0.3, -0.25) is 9.59 Å². The highest BCUT2D eigenvalue weighted by molar-refractivity contribution is 5.85. The first-order chi connectivity index (χ1) is 11.6. The number of rotatable bonds is 3. The zero-order valence-electron chi connectivity index (χ0n) is 13.8. The molecule has 0 bridgehead atoms. The molecule has 2 aliphatic heterocycles. The number of carbonyl (C=O) groups excluding carboxylic acids is 2. The summed E-state index contributed by atoms with van der Waals surface area (Å²) in [6.45, 7) is 2.67. The number of amides is 2. The lowest BCUT2D eigenvalue weighted by atomic mass is 10.0. The van der Waals surface area contributed by atoms with Crippen LogP contribution >= 0.6 is 0 Å². The molecule has 130 valence electrons. The summed E-state index contributed by atoms with van der Waals surface area (Å²) in [4.78, 5) is 28.4. The first-order valence-electron chi connectivity index (χ1n) is 8.68. The van der Waals surface area contributed by atoms with Crippen LogP contribution in [0.1, 0.15) is 37.3 Å². The normalized spacial score (nSPS) is 22.4. The van der Waals surface area contributed by atoms with E-state index < -0.39 is 0 Å². The summed E-state index contributed by atoms with van der Waals surface area (Å²) in [5, 5.41) is 3.26. The van der Waals surface area contributed by atoms with Crippen molar-refractivity contribution < 1.29 is 14.0 Å². The summed E-state index contributed by atoms with van der Waals surface area (Å²) in [5.74, 6) is -0.285. The van der Waals surface area contributed by atoms with Crippen molar-refractivity contribution in [1.29, 1.82) is 0 Å². The summed E-state index contributed by atoms with van der Waals surface area (Å²) in [6, 6.07) is 6.21.